The lowest BCUT2D eigenvalue weighted by Gasteiger charge is -2.33. The van der Waals surface area contributed by atoms with Gasteiger partial charge in [0.25, 0.3) is 5.56 Å². The number of hydrogen-bond acceptors (Lipinski definition) is 9. The quantitative estimate of drug-likeness (QED) is 0.383. The van der Waals surface area contributed by atoms with Crippen LogP contribution in [0.4, 0.5) is 10.5 Å². The van der Waals surface area contributed by atoms with Crippen molar-refractivity contribution in [3.05, 3.63) is 74.3 Å². The van der Waals surface area contributed by atoms with Gasteiger partial charge in [-0.3, -0.25) is 14.3 Å². The Bertz CT molecular complexity index is 1770. The average molecular weight is 568 g/mol. The molecule has 4 aromatic rings. The van der Waals surface area contributed by atoms with Gasteiger partial charge in [0.2, 0.25) is 0 Å². The van der Waals surface area contributed by atoms with Crippen molar-refractivity contribution in [1.29, 1.82) is 5.26 Å². The second kappa shape index (κ2) is 9.98. The van der Waals surface area contributed by atoms with Gasteiger partial charge in [-0.2, -0.15) is 5.26 Å². The monoisotopic (exact) mass is 567 g/mol. The van der Waals surface area contributed by atoms with Gasteiger partial charge in [0.05, 0.1) is 40.8 Å². The van der Waals surface area contributed by atoms with Crippen LogP contribution in [0.5, 0.6) is 0 Å². The fourth-order valence-corrected chi connectivity index (χ4v) is 7.26. The zero-order valence-electron chi connectivity index (χ0n) is 22.9. The predicted molar refractivity (Wildman–Crippen MR) is 156 cm³/mol. The van der Waals surface area contributed by atoms with Crippen molar-refractivity contribution in [1.82, 2.24) is 24.3 Å². The Kier molecular flexibility index (Phi) is 6.25. The van der Waals surface area contributed by atoms with E-state index >= 15 is 0 Å². The molecule has 0 saturated carbocycles. The van der Waals surface area contributed by atoms with E-state index in [0.717, 1.165) is 53.4 Å². The number of hydrogen-bond donors (Lipinski definition) is 1. The van der Waals surface area contributed by atoms with Crippen molar-refractivity contribution in [3.63, 3.8) is 0 Å². The van der Waals surface area contributed by atoms with Crippen molar-refractivity contribution in [2.45, 2.75) is 51.5 Å². The van der Waals surface area contributed by atoms with E-state index in [0.29, 0.717) is 42.0 Å². The molecule has 2 aromatic heterocycles. The summed E-state index contributed by atoms with van der Waals surface area (Å²) in [5.74, 6) is 0.625. The molecule has 0 spiro atoms. The molecule has 0 radical (unpaired) electrons. The van der Waals surface area contributed by atoms with Crippen LogP contribution >= 0.6 is 11.3 Å². The fourth-order valence-electron chi connectivity index (χ4n) is 6.08. The first-order chi connectivity index (χ1) is 19.9. The number of carbonyl (C=O) groups is 1. The van der Waals surface area contributed by atoms with Gasteiger partial charge in [0.1, 0.15) is 17.4 Å². The van der Waals surface area contributed by atoms with Crippen LogP contribution in [0.1, 0.15) is 40.4 Å². The summed E-state index contributed by atoms with van der Waals surface area (Å²) < 4.78 is 6.95. The summed E-state index contributed by atoms with van der Waals surface area (Å²) in [5, 5.41) is 14.3. The molecule has 5 heterocycles. The molecule has 0 bridgehead atoms. The highest BCUT2D eigenvalue weighted by Gasteiger charge is 2.38. The Morgan fingerprint density at radius 1 is 1.17 bits per heavy atom. The second-order valence-corrected chi connectivity index (χ2v) is 12.2. The number of aryl methyl sites for hydroxylation is 1. The Balaban J connectivity index is 1.29. The van der Waals surface area contributed by atoms with E-state index in [1.165, 1.54) is 4.88 Å². The Hall–Kier alpha value is -4.27. The first kappa shape index (κ1) is 25.7. The number of fused-ring (bicyclic) bond motifs is 3. The number of cyclic esters (lactones) is 1. The number of thiazole rings is 1. The number of nitrogens with zero attached hydrogens (tertiary/aromatic N) is 6. The van der Waals surface area contributed by atoms with Crippen LogP contribution in [-0.2, 0) is 24.4 Å². The third-order valence-corrected chi connectivity index (χ3v) is 9.37. The Morgan fingerprint density at radius 3 is 2.78 bits per heavy atom. The topological polar surface area (TPSA) is 116 Å². The van der Waals surface area contributed by atoms with Crippen LogP contribution < -0.4 is 10.9 Å². The van der Waals surface area contributed by atoms with Gasteiger partial charge < -0.3 is 15.0 Å². The minimum Gasteiger partial charge on any atom is -0.447 e. The van der Waals surface area contributed by atoms with Crippen LogP contribution in [0.3, 0.4) is 0 Å². The molecule has 1 amide bonds. The van der Waals surface area contributed by atoms with Crippen LogP contribution in [0.2, 0.25) is 0 Å². The number of nitriles is 1. The molecule has 208 valence electrons. The number of ether oxygens (including phenoxy) is 1. The highest BCUT2D eigenvalue weighted by molar-refractivity contribution is 7.15. The van der Waals surface area contributed by atoms with Crippen molar-refractivity contribution in [2.75, 3.05) is 25.5 Å². The van der Waals surface area contributed by atoms with Gasteiger partial charge in [0, 0.05) is 41.8 Å². The molecule has 2 fully saturated rings. The lowest BCUT2D eigenvalue weighted by molar-refractivity contribution is 0.153. The van der Waals surface area contributed by atoms with Gasteiger partial charge in [0.15, 0.2) is 0 Å². The minimum absolute atomic E-state index is 0.0609. The molecule has 0 aliphatic carbocycles. The van der Waals surface area contributed by atoms with Crippen LogP contribution in [0.25, 0.3) is 21.5 Å². The van der Waals surface area contributed by atoms with Gasteiger partial charge in [-0.05, 0) is 56.6 Å². The maximum atomic E-state index is 13.9. The number of carbonyl (C=O) groups excluding carboxylic acids is 1. The second-order valence-electron chi connectivity index (χ2n) is 11.1. The highest BCUT2D eigenvalue weighted by Crippen LogP contribution is 2.39. The lowest BCUT2D eigenvalue weighted by Crippen LogP contribution is -2.45. The predicted octanol–water partition coefficient (Wildman–Crippen LogP) is 4.09. The van der Waals surface area contributed by atoms with Crippen LogP contribution in [0.15, 0.2) is 41.2 Å². The van der Waals surface area contributed by atoms with E-state index in [1.54, 1.807) is 28.0 Å². The van der Waals surface area contributed by atoms with Crippen molar-refractivity contribution in [2.24, 2.45) is 0 Å². The summed E-state index contributed by atoms with van der Waals surface area (Å²) in [6, 6.07) is 13.5. The third kappa shape index (κ3) is 4.63. The number of amides is 1. The summed E-state index contributed by atoms with van der Waals surface area (Å²) in [6.07, 6.45) is 1.33. The summed E-state index contributed by atoms with van der Waals surface area (Å²) in [4.78, 5) is 41.1. The smallest absolute Gasteiger partial charge is 0.410 e. The highest BCUT2D eigenvalue weighted by atomic mass is 32.1. The van der Waals surface area contributed by atoms with E-state index in [4.69, 9.17) is 20.0 Å². The molecule has 2 saturated heterocycles. The molecular weight excluding hydrogens is 538 g/mol. The summed E-state index contributed by atoms with van der Waals surface area (Å²) in [6.45, 7) is 4.98. The molecule has 7 rings (SSSR count). The molecule has 41 heavy (non-hydrogen) atoms. The molecule has 11 heteroatoms. The third-order valence-electron chi connectivity index (χ3n) is 8.26. The molecule has 0 unspecified atom stereocenters. The SMILES string of the molecule is Cc1nc2cc(-c3nc4c(s3)CN(C)C4)c(N[C@H]3CCN4C(=O)OC[C@@H]4C3)cc2c(=O)n1Cc1ccc(C#N)cc1. The van der Waals surface area contributed by atoms with Crippen molar-refractivity contribution < 1.29 is 9.53 Å². The fraction of sp³-hybridized carbons (Fsp3) is 0.367. The van der Waals surface area contributed by atoms with Crippen molar-refractivity contribution in [3.8, 4) is 16.6 Å². The van der Waals surface area contributed by atoms with E-state index in [9.17, 15) is 9.59 Å². The summed E-state index contributed by atoms with van der Waals surface area (Å²) >= 11 is 1.70. The standard InChI is InChI=1S/C30H29N7O3S/c1-17-32-25-10-22(28-34-26-14-35(2)15-27(26)41-28)24(33-20-7-8-36-21(9-20)16-40-30(36)39)11-23(25)29(38)37(17)13-19-5-3-18(12-31)4-6-19/h3-6,10-11,20-21,33H,7-9,13-16H2,1-2H3/t20-,21-/m0/s1. The molecule has 2 aromatic carbocycles. The zero-order valence-corrected chi connectivity index (χ0v) is 23.7. The molecule has 3 aliphatic heterocycles. The van der Waals surface area contributed by atoms with E-state index in [1.807, 2.05) is 36.1 Å². The maximum absolute atomic E-state index is 13.9. The maximum Gasteiger partial charge on any atom is 0.410 e. The number of aromatic nitrogens is 3. The normalized spacial score (nSPS) is 20.1. The Labute approximate surface area is 240 Å². The molecule has 2 atom stereocenters. The number of nitrogens with one attached hydrogen (secondary N) is 1. The summed E-state index contributed by atoms with van der Waals surface area (Å²) in [7, 11) is 2.09. The molecule has 3 aliphatic rings. The van der Waals surface area contributed by atoms with Gasteiger partial charge in [-0.25, -0.2) is 14.8 Å². The number of piperidine rings is 1. The van der Waals surface area contributed by atoms with Gasteiger partial charge >= 0.3 is 6.09 Å². The largest absolute Gasteiger partial charge is 0.447 e. The molecule has 1 N–H and O–H groups in total. The van der Waals surface area contributed by atoms with Gasteiger partial charge in [-0.15, -0.1) is 11.3 Å². The number of rotatable bonds is 5. The van der Waals surface area contributed by atoms with E-state index in [2.05, 4.69) is 23.3 Å². The molecular formula is C30H29N7O3S. The minimum atomic E-state index is -0.230. The average Bonchev–Trinajstić information content (AvgIpc) is 3.64. The number of anilines is 1. The van der Waals surface area contributed by atoms with Gasteiger partial charge in [-0.1, -0.05) is 12.1 Å². The van der Waals surface area contributed by atoms with Crippen molar-refractivity contribution >= 4 is 34.0 Å². The zero-order chi connectivity index (χ0) is 28.2. The molecule has 10 nitrogen and oxygen atoms in total. The van der Waals surface area contributed by atoms with E-state index in [-0.39, 0.29) is 23.7 Å². The number of benzene rings is 2. The lowest BCUT2D eigenvalue weighted by atomic mass is 9.97. The van der Waals surface area contributed by atoms with Crippen LogP contribution in [-0.4, -0.2) is 62.7 Å². The van der Waals surface area contributed by atoms with E-state index < -0.39 is 0 Å². The summed E-state index contributed by atoms with van der Waals surface area (Å²) in [5.41, 5.74) is 4.94. The first-order valence-corrected chi connectivity index (χ1v) is 14.6. The first-order valence-electron chi connectivity index (χ1n) is 13.8. The Morgan fingerprint density at radius 2 is 2.00 bits per heavy atom. The van der Waals surface area contributed by atoms with Crippen LogP contribution in [0, 0.1) is 18.3 Å².